The van der Waals surface area contributed by atoms with E-state index in [1.165, 1.54) is 6.20 Å². The molecule has 2 N–H and O–H groups in total. The van der Waals surface area contributed by atoms with Crippen LogP contribution in [0.15, 0.2) is 72.1 Å². The summed E-state index contributed by atoms with van der Waals surface area (Å²) in [6.45, 7) is -3.11. The molecule has 14 heteroatoms. The van der Waals surface area contributed by atoms with Gasteiger partial charge in [0.15, 0.2) is 5.82 Å². The quantitative estimate of drug-likeness (QED) is 0.207. The van der Waals surface area contributed by atoms with Crippen LogP contribution < -0.4 is 9.46 Å². The van der Waals surface area contributed by atoms with Gasteiger partial charge >= 0.3 is 6.61 Å². The highest BCUT2D eigenvalue weighted by molar-refractivity contribution is 7.92. The van der Waals surface area contributed by atoms with E-state index in [2.05, 4.69) is 19.8 Å². The average molecular weight is 560 g/mol. The van der Waals surface area contributed by atoms with Gasteiger partial charge in [-0.05, 0) is 42.5 Å². The van der Waals surface area contributed by atoms with Crippen molar-refractivity contribution in [1.29, 1.82) is 0 Å². The number of hydrogen-bond acceptors (Lipinski definition) is 6. The Balaban J connectivity index is 1.48. The zero-order chi connectivity index (χ0) is 27.9. The molecule has 3 heterocycles. The molecule has 39 heavy (non-hydrogen) atoms. The molecular weight excluding hydrogens is 542 g/mol. The van der Waals surface area contributed by atoms with Crippen LogP contribution in [0.3, 0.4) is 0 Å². The number of ether oxygens (including phenoxy) is 1. The van der Waals surface area contributed by atoms with E-state index in [0.717, 1.165) is 36.4 Å². The van der Waals surface area contributed by atoms with E-state index in [4.69, 9.17) is 0 Å². The van der Waals surface area contributed by atoms with Crippen molar-refractivity contribution < 1.29 is 35.5 Å². The lowest BCUT2D eigenvalue weighted by atomic mass is 10.0. The zero-order valence-electron chi connectivity index (χ0n) is 19.8. The molecule has 0 atom stereocenters. The molecule has 5 aromatic rings. The first kappa shape index (κ1) is 25.9. The van der Waals surface area contributed by atoms with Crippen molar-refractivity contribution in [3.63, 3.8) is 0 Å². The highest BCUT2D eigenvalue weighted by atomic mass is 32.2. The summed E-state index contributed by atoms with van der Waals surface area (Å²) in [6.07, 6.45) is 6.12. The topological polar surface area (TPSA) is 119 Å². The number of carbonyl (C=O) groups excluding carboxylic acids is 1. The van der Waals surface area contributed by atoms with Gasteiger partial charge in [-0.25, -0.2) is 22.2 Å². The fourth-order valence-electron chi connectivity index (χ4n) is 3.90. The van der Waals surface area contributed by atoms with Crippen molar-refractivity contribution in [2.45, 2.75) is 11.5 Å². The molecule has 0 fully saturated rings. The van der Waals surface area contributed by atoms with E-state index < -0.39 is 50.2 Å². The summed E-state index contributed by atoms with van der Waals surface area (Å²) in [5.41, 5.74) is -0.158. The van der Waals surface area contributed by atoms with Gasteiger partial charge in [0.1, 0.15) is 17.2 Å². The number of anilines is 1. The Hall–Kier alpha value is -4.72. The van der Waals surface area contributed by atoms with Crippen LogP contribution >= 0.6 is 0 Å². The van der Waals surface area contributed by atoms with E-state index in [1.54, 1.807) is 36.4 Å². The molecule has 0 radical (unpaired) electrons. The van der Waals surface area contributed by atoms with Crippen LogP contribution in [0.2, 0.25) is 0 Å². The molecule has 2 aromatic carbocycles. The van der Waals surface area contributed by atoms with Crippen molar-refractivity contribution >= 4 is 32.5 Å². The second-order valence-corrected chi connectivity index (χ2v) is 9.98. The third-order valence-corrected chi connectivity index (χ3v) is 7.12. The summed E-state index contributed by atoms with van der Waals surface area (Å²) in [5.74, 6) is -3.98. The fraction of sp³-hybridized carbons (Fsp3) is 0.0800. The molecule has 0 unspecified atom stereocenters. The summed E-state index contributed by atoms with van der Waals surface area (Å²) in [4.78, 5) is 20.0. The van der Waals surface area contributed by atoms with Crippen LogP contribution in [-0.2, 0) is 17.1 Å². The Morgan fingerprint density at radius 1 is 1.08 bits per heavy atom. The predicted molar refractivity (Wildman–Crippen MR) is 132 cm³/mol. The first-order chi connectivity index (χ1) is 18.5. The highest BCUT2D eigenvalue weighted by Gasteiger charge is 2.26. The van der Waals surface area contributed by atoms with Crippen LogP contribution in [0.4, 0.5) is 23.2 Å². The number of rotatable bonds is 8. The number of aromatic amines is 1. The summed E-state index contributed by atoms with van der Waals surface area (Å²) in [7, 11) is -2.72. The SMILES string of the molecule is Cn1cc(-c2cnc3[nH]cc(C(=O)c4c(F)ccc(NS(=O)(=O)c5ccc(OC(F)F)cc5)c4F)c3c2)cn1. The molecule has 0 saturated heterocycles. The second-order valence-electron chi connectivity index (χ2n) is 8.29. The molecule has 9 nitrogen and oxygen atoms in total. The van der Waals surface area contributed by atoms with Crippen LogP contribution in [-0.4, -0.2) is 40.6 Å². The Bertz CT molecular complexity index is 1820. The largest absolute Gasteiger partial charge is 0.435 e. The number of aromatic nitrogens is 4. The van der Waals surface area contributed by atoms with E-state index in [-0.39, 0.29) is 16.7 Å². The Kier molecular flexibility index (Phi) is 6.56. The first-order valence-electron chi connectivity index (χ1n) is 11.1. The number of fused-ring (bicyclic) bond motifs is 1. The Labute approximate surface area is 218 Å². The van der Waals surface area contributed by atoms with Gasteiger partial charge in [0.2, 0.25) is 5.78 Å². The minimum atomic E-state index is -4.45. The number of aryl methyl sites for hydroxylation is 1. The fourth-order valence-corrected chi connectivity index (χ4v) is 4.96. The number of sulfonamides is 1. The van der Waals surface area contributed by atoms with E-state index in [9.17, 15) is 26.4 Å². The predicted octanol–water partition coefficient (Wildman–Crippen LogP) is 4.87. The monoisotopic (exact) mass is 559 g/mol. The summed E-state index contributed by atoms with van der Waals surface area (Å²) < 4.78 is 88.2. The number of nitrogens with one attached hydrogen (secondary N) is 2. The van der Waals surface area contributed by atoms with Crippen molar-refractivity contribution in [3.8, 4) is 16.9 Å². The zero-order valence-corrected chi connectivity index (χ0v) is 20.6. The third kappa shape index (κ3) is 5.05. The van der Waals surface area contributed by atoms with Crippen molar-refractivity contribution in [3.05, 3.63) is 90.0 Å². The van der Waals surface area contributed by atoms with Crippen LogP contribution in [0.5, 0.6) is 5.75 Å². The minimum Gasteiger partial charge on any atom is -0.435 e. The van der Waals surface area contributed by atoms with Gasteiger partial charge in [-0.2, -0.15) is 13.9 Å². The molecule has 0 aliphatic heterocycles. The molecule has 0 amide bonds. The number of hydrogen-bond donors (Lipinski definition) is 2. The third-order valence-electron chi connectivity index (χ3n) is 5.74. The van der Waals surface area contributed by atoms with Gasteiger partial charge in [0.05, 0.1) is 22.3 Å². The Morgan fingerprint density at radius 2 is 1.82 bits per heavy atom. The van der Waals surface area contributed by atoms with E-state index >= 15 is 4.39 Å². The summed E-state index contributed by atoms with van der Waals surface area (Å²) >= 11 is 0. The molecule has 0 bridgehead atoms. The minimum absolute atomic E-state index is 0.0873. The highest BCUT2D eigenvalue weighted by Crippen LogP contribution is 2.30. The van der Waals surface area contributed by atoms with Gasteiger partial charge < -0.3 is 9.72 Å². The number of halogens is 4. The molecule has 200 valence electrons. The van der Waals surface area contributed by atoms with Crippen molar-refractivity contribution in [2.75, 3.05) is 4.72 Å². The lowest BCUT2D eigenvalue weighted by molar-refractivity contribution is -0.0498. The van der Waals surface area contributed by atoms with Crippen LogP contribution in [0.1, 0.15) is 15.9 Å². The van der Waals surface area contributed by atoms with Gasteiger partial charge in [0, 0.05) is 47.7 Å². The number of nitrogens with zero attached hydrogens (tertiary/aromatic N) is 3. The molecule has 3 aromatic heterocycles. The molecule has 0 aliphatic rings. The van der Waals surface area contributed by atoms with E-state index in [0.29, 0.717) is 16.8 Å². The molecule has 5 rings (SSSR count). The normalized spacial score (nSPS) is 11.7. The number of carbonyl (C=O) groups is 1. The standard InChI is InChI=1S/C25H17F4N5O4S/c1-34-12-14(10-32-34)13-8-17-18(11-31-24(17)30-9-13)23(35)21-19(26)6-7-20(22(21)27)33-39(36,37)16-4-2-15(3-5-16)38-25(28)29/h2-12,25,33H,1H3,(H,30,31). The van der Waals surface area contributed by atoms with Crippen LogP contribution in [0.25, 0.3) is 22.2 Å². The lowest BCUT2D eigenvalue weighted by Crippen LogP contribution is -2.16. The number of ketones is 1. The summed E-state index contributed by atoms with van der Waals surface area (Å²) in [6, 6.07) is 7.10. The van der Waals surface area contributed by atoms with Crippen molar-refractivity contribution in [1.82, 2.24) is 19.7 Å². The first-order valence-corrected chi connectivity index (χ1v) is 12.6. The van der Waals surface area contributed by atoms with Gasteiger partial charge in [-0.15, -0.1) is 0 Å². The van der Waals surface area contributed by atoms with Crippen LogP contribution in [0, 0.1) is 11.6 Å². The Morgan fingerprint density at radius 3 is 2.49 bits per heavy atom. The lowest BCUT2D eigenvalue weighted by Gasteiger charge is -2.12. The molecular formula is C25H17F4N5O4S. The molecule has 0 spiro atoms. The van der Waals surface area contributed by atoms with Gasteiger partial charge in [0.25, 0.3) is 10.0 Å². The molecule has 0 aliphatic carbocycles. The van der Waals surface area contributed by atoms with E-state index in [1.807, 2.05) is 4.72 Å². The maximum absolute atomic E-state index is 15.4. The van der Waals surface area contributed by atoms with Gasteiger partial charge in [-0.1, -0.05) is 0 Å². The summed E-state index contributed by atoms with van der Waals surface area (Å²) in [5, 5.41) is 4.38. The number of alkyl halides is 2. The maximum atomic E-state index is 15.4. The number of benzene rings is 2. The smallest absolute Gasteiger partial charge is 0.387 e. The van der Waals surface area contributed by atoms with Crippen molar-refractivity contribution in [2.24, 2.45) is 7.05 Å². The van der Waals surface area contributed by atoms with Gasteiger partial charge in [-0.3, -0.25) is 14.2 Å². The maximum Gasteiger partial charge on any atom is 0.387 e. The second kappa shape index (κ2) is 9.87. The number of pyridine rings is 1. The average Bonchev–Trinajstić information content (AvgIpc) is 3.51. The number of H-pyrrole nitrogens is 1. The molecule has 0 saturated carbocycles.